The summed E-state index contributed by atoms with van der Waals surface area (Å²) in [6.07, 6.45) is 1.31. The minimum atomic E-state index is -0.663. The molecule has 0 aliphatic carbocycles. The second-order valence-corrected chi connectivity index (χ2v) is 7.86. The van der Waals surface area contributed by atoms with Gasteiger partial charge in [0.1, 0.15) is 11.7 Å². The van der Waals surface area contributed by atoms with Gasteiger partial charge in [-0.25, -0.2) is 0 Å². The van der Waals surface area contributed by atoms with Crippen LogP contribution in [0.2, 0.25) is 0 Å². The molecule has 0 aromatic heterocycles. The lowest BCUT2D eigenvalue weighted by atomic mass is 9.95. The molecule has 7 nitrogen and oxygen atoms in total. The van der Waals surface area contributed by atoms with E-state index < -0.39 is 11.7 Å². The zero-order valence-corrected chi connectivity index (χ0v) is 16.2. The standard InChI is InChI=1S/C20H28N4O3/c1-13(2)12-21-18(26)14(3)24-11-10-20(9-8-17(24)25)22-16-7-5-4-6-15(16)19(27)23-20/h4-7,13-14,22H,8-12H2,1-3H3,(H,21,26)(H,23,27)/t14-,20+/m1/s1. The second-order valence-electron chi connectivity index (χ2n) is 7.86. The molecule has 0 bridgehead atoms. The minimum Gasteiger partial charge on any atom is -0.362 e. The average Bonchev–Trinajstić information content (AvgIpc) is 2.79. The molecular formula is C20H28N4O3. The highest BCUT2D eigenvalue weighted by Crippen LogP contribution is 2.31. The Bertz CT molecular complexity index is 748. The Kier molecular flexibility index (Phi) is 5.39. The van der Waals surface area contributed by atoms with Gasteiger partial charge in [-0.05, 0) is 31.4 Å². The van der Waals surface area contributed by atoms with E-state index in [-0.39, 0.29) is 24.1 Å². The highest BCUT2D eigenvalue weighted by molar-refractivity contribution is 6.02. The Morgan fingerprint density at radius 3 is 2.67 bits per heavy atom. The first-order valence-electron chi connectivity index (χ1n) is 9.58. The summed E-state index contributed by atoms with van der Waals surface area (Å²) in [5.74, 6) is 0.0203. The molecule has 1 fully saturated rings. The van der Waals surface area contributed by atoms with Crippen molar-refractivity contribution in [2.45, 2.75) is 51.7 Å². The van der Waals surface area contributed by atoms with Gasteiger partial charge in [0.15, 0.2) is 0 Å². The van der Waals surface area contributed by atoms with Crippen LogP contribution < -0.4 is 16.0 Å². The molecule has 2 aliphatic heterocycles. The smallest absolute Gasteiger partial charge is 0.255 e. The van der Waals surface area contributed by atoms with Crippen LogP contribution in [0.15, 0.2) is 24.3 Å². The monoisotopic (exact) mass is 372 g/mol. The van der Waals surface area contributed by atoms with Crippen molar-refractivity contribution in [2.24, 2.45) is 5.92 Å². The molecule has 7 heteroatoms. The maximum Gasteiger partial charge on any atom is 0.255 e. The van der Waals surface area contributed by atoms with Gasteiger partial charge in [-0.15, -0.1) is 0 Å². The number of nitrogens with one attached hydrogen (secondary N) is 3. The van der Waals surface area contributed by atoms with Gasteiger partial charge in [-0.2, -0.15) is 0 Å². The van der Waals surface area contributed by atoms with Crippen LogP contribution in [-0.2, 0) is 9.59 Å². The lowest BCUT2D eigenvalue weighted by Gasteiger charge is -2.40. The van der Waals surface area contributed by atoms with Crippen LogP contribution in [0.25, 0.3) is 0 Å². The molecule has 0 unspecified atom stereocenters. The normalized spacial score (nSPS) is 23.3. The molecule has 3 amide bonds. The highest BCUT2D eigenvalue weighted by Gasteiger charge is 2.41. The molecule has 1 saturated heterocycles. The van der Waals surface area contributed by atoms with Crippen LogP contribution >= 0.6 is 0 Å². The van der Waals surface area contributed by atoms with Crippen LogP contribution in [0.5, 0.6) is 0 Å². The summed E-state index contributed by atoms with van der Waals surface area (Å²) in [6.45, 7) is 6.81. The number of hydrogen-bond donors (Lipinski definition) is 3. The number of hydrogen-bond acceptors (Lipinski definition) is 4. The van der Waals surface area contributed by atoms with Crippen LogP contribution in [0.4, 0.5) is 5.69 Å². The van der Waals surface area contributed by atoms with Gasteiger partial charge in [0.05, 0.1) is 5.56 Å². The van der Waals surface area contributed by atoms with Crippen LogP contribution in [0.3, 0.4) is 0 Å². The van der Waals surface area contributed by atoms with E-state index in [4.69, 9.17) is 0 Å². The number of anilines is 1. The fourth-order valence-electron chi connectivity index (χ4n) is 3.64. The Balaban J connectivity index is 1.72. The van der Waals surface area contributed by atoms with E-state index >= 15 is 0 Å². The summed E-state index contributed by atoms with van der Waals surface area (Å²) >= 11 is 0. The summed E-state index contributed by atoms with van der Waals surface area (Å²) in [4.78, 5) is 39.2. The molecule has 2 aliphatic rings. The lowest BCUT2D eigenvalue weighted by molar-refractivity contribution is -0.139. The third kappa shape index (κ3) is 4.07. The summed E-state index contributed by atoms with van der Waals surface area (Å²) in [5, 5.41) is 9.36. The lowest BCUT2D eigenvalue weighted by Crippen LogP contribution is -2.58. The van der Waals surface area contributed by atoms with E-state index in [1.165, 1.54) is 0 Å². The Hall–Kier alpha value is -2.57. The predicted molar refractivity (Wildman–Crippen MR) is 103 cm³/mol. The number of carbonyl (C=O) groups excluding carboxylic acids is 3. The fraction of sp³-hybridized carbons (Fsp3) is 0.550. The highest BCUT2D eigenvalue weighted by atomic mass is 16.2. The first-order valence-corrected chi connectivity index (χ1v) is 9.58. The number of rotatable bonds is 4. The number of para-hydroxylation sites is 1. The number of benzene rings is 1. The van der Waals surface area contributed by atoms with Crippen molar-refractivity contribution in [3.05, 3.63) is 29.8 Å². The van der Waals surface area contributed by atoms with Gasteiger partial charge < -0.3 is 20.9 Å². The topological polar surface area (TPSA) is 90.5 Å². The SMILES string of the molecule is CC(C)CNC(=O)[C@@H](C)N1CC[C@]2(CCC1=O)NC(=O)c1ccccc1N2. The van der Waals surface area contributed by atoms with Gasteiger partial charge >= 0.3 is 0 Å². The quantitative estimate of drug-likeness (QED) is 0.750. The number of carbonyl (C=O) groups is 3. The molecule has 146 valence electrons. The number of nitrogens with zero attached hydrogens (tertiary/aromatic N) is 1. The maximum absolute atomic E-state index is 12.7. The third-order valence-corrected chi connectivity index (χ3v) is 5.30. The molecule has 1 spiro atoms. The van der Waals surface area contributed by atoms with Crippen molar-refractivity contribution in [3.8, 4) is 0 Å². The Morgan fingerprint density at radius 2 is 1.93 bits per heavy atom. The van der Waals surface area contributed by atoms with Crippen LogP contribution in [0, 0.1) is 5.92 Å². The molecule has 1 aromatic carbocycles. The van der Waals surface area contributed by atoms with E-state index in [9.17, 15) is 14.4 Å². The number of fused-ring (bicyclic) bond motifs is 1. The molecule has 2 heterocycles. The van der Waals surface area contributed by atoms with E-state index in [2.05, 4.69) is 16.0 Å². The van der Waals surface area contributed by atoms with Crippen LogP contribution in [-0.4, -0.2) is 47.4 Å². The first-order chi connectivity index (χ1) is 12.8. The number of amides is 3. The molecule has 27 heavy (non-hydrogen) atoms. The van der Waals surface area contributed by atoms with Crippen molar-refractivity contribution in [2.75, 3.05) is 18.4 Å². The maximum atomic E-state index is 12.7. The van der Waals surface area contributed by atoms with Gasteiger partial charge in [-0.1, -0.05) is 26.0 Å². The summed E-state index contributed by atoms with van der Waals surface area (Å²) in [7, 11) is 0. The second kappa shape index (κ2) is 7.58. The number of likely N-dealkylation sites (tertiary alicyclic amines) is 1. The van der Waals surface area contributed by atoms with Gasteiger partial charge in [0.2, 0.25) is 11.8 Å². The fourth-order valence-corrected chi connectivity index (χ4v) is 3.64. The van der Waals surface area contributed by atoms with Gasteiger partial charge in [0, 0.05) is 31.6 Å². The first kappa shape index (κ1) is 19.2. The molecule has 0 radical (unpaired) electrons. The molecule has 1 aromatic rings. The molecule has 0 saturated carbocycles. The Labute approximate surface area is 159 Å². The Morgan fingerprint density at radius 1 is 1.19 bits per heavy atom. The third-order valence-electron chi connectivity index (χ3n) is 5.30. The van der Waals surface area contributed by atoms with E-state index in [0.29, 0.717) is 37.4 Å². The summed E-state index contributed by atoms with van der Waals surface area (Å²) in [5.41, 5.74) is 0.728. The van der Waals surface area contributed by atoms with Crippen molar-refractivity contribution < 1.29 is 14.4 Å². The van der Waals surface area contributed by atoms with E-state index in [1.54, 1.807) is 17.9 Å². The van der Waals surface area contributed by atoms with Crippen molar-refractivity contribution in [1.82, 2.24) is 15.5 Å². The van der Waals surface area contributed by atoms with Crippen LogP contribution in [0.1, 0.15) is 50.4 Å². The average molecular weight is 372 g/mol. The summed E-state index contributed by atoms with van der Waals surface area (Å²) < 4.78 is 0. The molecule has 2 atom stereocenters. The predicted octanol–water partition coefficient (Wildman–Crippen LogP) is 1.71. The van der Waals surface area contributed by atoms with E-state index in [0.717, 1.165) is 5.69 Å². The van der Waals surface area contributed by atoms with Crippen molar-refractivity contribution in [1.29, 1.82) is 0 Å². The van der Waals surface area contributed by atoms with Crippen molar-refractivity contribution in [3.63, 3.8) is 0 Å². The van der Waals surface area contributed by atoms with Crippen molar-refractivity contribution >= 4 is 23.4 Å². The van der Waals surface area contributed by atoms with Gasteiger partial charge in [-0.3, -0.25) is 14.4 Å². The minimum absolute atomic E-state index is 0.0611. The molecule has 3 N–H and O–H groups in total. The summed E-state index contributed by atoms with van der Waals surface area (Å²) in [6, 6.07) is 6.83. The van der Waals surface area contributed by atoms with Gasteiger partial charge in [0.25, 0.3) is 5.91 Å². The zero-order valence-electron chi connectivity index (χ0n) is 16.2. The molecular weight excluding hydrogens is 344 g/mol. The molecule has 3 rings (SSSR count). The largest absolute Gasteiger partial charge is 0.362 e. The zero-order chi connectivity index (χ0) is 19.6. The van der Waals surface area contributed by atoms with E-state index in [1.807, 2.05) is 32.0 Å².